The summed E-state index contributed by atoms with van der Waals surface area (Å²) >= 11 is 0. The molecule has 29 heavy (non-hydrogen) atoms. The number of nitrogens with zero attached hydrogens (tertiary/aromatic N) is 3. The number of likely N-dealkylation sites (tertiary alicyclic amines) is 2. The molecule has 0 unspecified atom stereocenters. The zero-order valence-electron chi connectivity index (χ0n) is 17.7. The van der Waals surface area contributed by atoms with E-state index in [-0.39, 0.29) is 5.91 Å². The second-order valence-corrected chi connectivity index (χ2v) is 8.69. The number of nitrogens with one attached hydrogen (secondary N) is 1. The van der Waals surface area contributed by atoms with E-state index in [0.29, 0.717) is 24.9 Å². The number of ether oxygens (including phenoxy) is 1. The number of carbonyl (C=O) groups is 1. The molecule has 1 spiro atoms. The summed E-state index contributed by atoms with van der Waals surface area (Å²) in [6.07, 6.45) is 5.25. The van der Waals surface area contributed by atoms with Gasteiger partial charge in [-0.2, -0.15) is 0 Å². The zero-order chi connectivity index (χ0) is 20.1. The largest absolute Gasteiger partial charge is 0.381 e. The van der Waals surface area contributed by atoms with Gasteiger partial charge in [0, 0.05) is 52.4 Å². The summed E-state index contributed by atoms with van der Waals surface area (Å²) in [7, 11) is 0. The third-order valence-electron chi connectivity index (χ3n) is 6.57. The minimum atomic E-state index is 0.277. The summed E-state index contributed by atoms with van der Waals surface area (Å²) in [6.45, 7) is 9.22. The van der Waals surface area contributed by atoms with Gasteiger partial charge in [-0.15, -0.1) is 0 Å². The average molecular weight is 399 g/mol. The Labute approximate surface area is 174 Å². The first-order chi connectivity index (χ1) is 14.2. The minimum Gasteiger partial charge on any atom is -0.381 e. The van der Waals surface area contributed by atoms with Crippen molar-refractivity contribution >= 4 is 11.9 Å². The Morgan fingerprint density at radius 2 is 2.03 bits per heavy atom. The predicted octanol–water partition coefficient (Wildman–Crippen LogP) is 2.78. The van der Waals surface area contributed by atoms with E-state index < -0.39 is 0 Å². The molecule has 0 atom stereocenters. The van der Waals surface area contributed by atoms with E-state index >= 15 is 0 Å². The van der Waals surface area contributed by atoms with Crippen LogP contribution in [-0.4, -0.2) is 61.1 Å². The third kappa shape index (κ3) is 4.92. The van der Waals surface area contributed by atoms with Crippen molar-refractivity contribution in [1.82, 2.24) is 15.1 Å². The maximum Gasteiger partial charge on any atom is 0.222 e. The lowest BCUT2D eigenvalue weighted by Crippen LogP contribution is -2.42. The van der Waals surface area contributed by atoms with E-state index in [2.05, 4.69) is 41.4 Å². The molecule has 6 heteroatoms. The molecule has 3 fully saturated rings. The van der Waals surface area contributed by atoms with Crippen LogP contribution in [0.3, 0.4) is 0 Å². The Kier molecular flexibility index (Phi) is 6.38. The maximum absolute atomic E-state index is 11.9. The predicted molar refractivity (Wildman–Crippen MR) is 115 cm³/mol. The first-order valence-corrected chi connectivity index (χ1v) is 11.1. The summed E-state index contributed by atoms with van der Waals surface area (Å²) in [5.74, 6) is 1.30. The van der Waals surface area contributed by atoms with E-state index in [1.54, 1.807) is 0 Å². The number of carbonyl (C=O) groups excluding carboxylic acids is 1. The topological polar surface area (TPSA) is 57.2 Å². The van der Waals surface area contributed by atoms with Gasteiger partial charge in [0.25, 0.3) is 0 Å². The third-order valence-corrected chi connectivity index (χ3v) is 6.57. The molecule has 3 aliphatic rings. The van der Waals surface area contributed by atoms with Gasteiger partial charge in [0.05, 0.1) is 6.54 Å². The van der Waals surface area contributed by atoms with Crippen molar-refractivity contribution in [2.75, 3.05) is 39.4 Å². The summed E-state index contributed by atoms with van der Waals surface area (Å²) in [4.78, 5) is 21.3. The fourth-order valence-electron chi connectivity index (χ4n) is 4.84. The van der Waals surface area contributed by atoms with Gasteiger partial charge >= 0.3 is 0 Å². The van der Waals surface area contributed by atoms with Gasteiger partial charge < -0.3 is 19.9 Å². The number of amides is 1. The molecule has 0 saturated carbocycles. The molecule has 4 rings (SSSR count). The molecule has 0 radical (unpaired) electrons. The van der Waals surface area contributed by atoms with Gasteiger partial charge in [-0.3, -0.25) is 4.79 Å². The minimum absolute atomic E-state index is 0.277. The molecule has 3 heterocycles. The van der Waals surface area contributed by atoms with Gasteiger partial charge in [-0.25, -0.2) is 4.99 Å². The van der Waals surface area contributed by atoms with E-state index in [1.807, 2.05) is 4.90 Å². The van der Waals surface area contributed by atoms with Crippen molar-refractivity contribution in [3.05, 3.63) is 35.4 Å². The summed E-state index contributed by atoms with van der Waals surface area (Å²) in [5.41, 5.74) is 2.81. The molecule has 6 nitrogen and oxygen atoms in total. The second kappa shape index (κ2) is 9.16. The van der Waals surface area contributed by atoms with Crippen LogP contribution in [0.1, 0.15) is 50.2 Å². The van der Waals surface area contributed by atoms with E-state index in [9.17, 15) is 4.79 Å². The summed E-state index contributed by atoms with van der Waals surface area (Å²) in [5, 5.41) is 3.49. The number of guanidine groups is 1. The molecule has 3 saturated heterocycles. The van der Waals surface area contributed by atoms with Crippen LogP contribution in [-0.2, 0) is 22.6 Å². The lowest BCUT2D eigenvalue weighted by Gasteiger charge is -2.33. The molecule has 3 aliphatic heterocycles. The molecule has 158 valence electrons. The van der Waals surface area contributed by atoms with Crippen molar-refractivity contribution in [3.8, 4) is 0 Å². The molecular weight excluding hydrogens is 364 g/mol. The highest BCUT2D eigenvalue weighted by Gasteiger charge is 2.40. The van der Waals surface area contributed by atoms with E-state index in [1.165, 1.54) is 30.4 Å². The normalized spacial score (nSPS) is 22.0. The highest BCUT2D eigenvalue weighted by atomic mass is 16.5. The van der Waals surface area contributed by atoms with Gasteiger partial charge in [-0.05, 0) is 49.1 Å². The Morgan fingerprint density at radius 1 is 1.21 bits per heavy atom. The number of aliphatic imine (C=N–C) groups is 1. The Balaban J connectivity index is 1.40. The number of hydrogen-bond acceptors (Lipinski definition) is 3. The maximum atomic E-state index is 11.9. The van der Waals surface area contributed by atoms with Crippen LogP contribution < -0.4 is 5.32 Å². The molecule has 0 bridgehead atoms. The van der Waals surface area contributed by atoms with Crippen LogP contribution in [0.5, 0.6) is 0 Å². The lowest BCUT2D eigenvalue weighted by atomic mass is 9.80. The lowest BCUT2D eigenvalue weighted by molar-refractivity contribution is -0.128. The second-order valence-electron chi connectivity index (χ2n) is 8.69. The highest BCUT2D eigenvalue weighted by molar-refractivity contribution is 5.80. The van der Waals surface area contributed by atoms with Crippen LogP contribution in [0, 0.1) is 5.41 Å². The standard InChI is InChI=1S/C23H34N4O2/c1-2-24-22(27-12-8-23(18-27)9-13-29-14-10-23)25-16-19-5-3-6-20(15-19)17-26-11-4-7-21(26)28/h3,5-6,15H,2,4,7-14,16-18H2,1H3,(H,24,25). The fourth-order valence-corrected chi connectivity index (χ4v) is 4.84. The van der Waals surface area contributed by atoms with E-state index in [0.717, 1.165) is 51.8 Å². The van der Waals surface area contributed by atoms with Gasteiger partial charge in [0.2, 0.25) is 5.91 Å². The van der Waals surface area contributed by atoms with Crippen molar-refractivity contribution in [2.24, 2.45) is 10.4 Å². The molecule has 1 aromatic rings. The number of rotatable bonds is 5. The Morgan fingerprint density at radius 3 is 2.79 bits per heavy atom. The first-order valence-electron chi connectivity index (χ1n) is 11.1. The van der Waals surface area contributed by atoms with Gasteiger partial charge in [0.1, 0.15) is 0 Å². The monoisotopic (exact) mass is 398 g/mol. The molecule has 0 aromatic heterocycles. The highest BCUT2D eigenvalue weighted by Crippen LogP contribution is 2.39. The quantitative estimate of drug-likeness (QED) is 0.612. The molecule has 1 aromatic carbocycles. The van der Waals surface area contributed by atoms with Crippen molar-refractivity contribution in [1.29, 1.82) is 0 Å². The van der Waals surface area contributed by atoms with Crippen molar-refractivity contribution in [3.63, 3.8) is 0 Å². The molecule has 0 aliphatic carbocycles. The SMILES string of the molecule is CCNC(=NCc1cccc(CN2CCCC2=O)c1)N1CCC2(CCOCC2)C1. The van der Waals surface area contributed by atoms with Crippen LogP contribution in [0.2, 0.25) is 0 Å². The smallest absolute Gasteiger partial charge is 0.222 e. The van der Waals surface area contributed by atoms with Gasteiger partial charge in [-0.1, -0.05) is 24.3 Å². The summed E-state index contributed by atoms with van der Waals surface area (Å²) in [6, 6.07) is 8.52. The Hall–Kier alpha value is -2.08. The summed E-state index contributed by atoms with van der Waals surface area (Å²) < 4.78 is 5.58. The molecule has 1 amide bonds. The zero-order valence-corrected chi connectivity index (χ0v) is 17.7. The van der Waals surface area contributed by atoms with Crippen LogP contribution in [0.15, 0.2) is 29.3 Å². The molecule has 1 N–H and O–H groups in total. The van der Waals surface area contributed by atoms with Crippen LogP contribution in [0.4, 0.5) is 0 Å². The van der Waals surface area contributed by atoms with Gasteiger partial charge in [0.15, 0.2) is 5.96 Å². The van der Waals surface area contributed by atoms with E-state index in [4.69, 9.17) is 9.73 Å². The van der Waals surface area contributed by atoms with Crippen molar-refractivity contribution in [2.45, 2.75) is 52.1 Å². The van der Waals surface area contributed by atoms with Crippen LogP contribution >= 0.6 is 0 Å². The molecular formula is C23H34N4O2. The first kappa shape index (κ1) is 20.2. The number of benzene rings is 1. The Bertz CT molecular complexity index is 742. The van der Waals surface area contributed by atoms with Crippen molar-refractivity contribution < 1.29 is 9.53 Å². The van der Waals surface area contributed by atoms with Crippen LogP contribution in [0.25, 0.3) is 0 Å². The number of hydrogen-bond donors (Lipinski definition) is 1. The fraction of sp³-hybridized carbons (Fsp3) is 0.652. The average Bonchev–Trinajstić information content (AvgIpc) is 3.33.